The first kappa shape index (κ1) is 35.2. The van der Waals surface area contributed by atoms with Crippen LogP contribution in [0.5, 0.6) is 0 Å². The number of aromatic nitrogens is 2. The van der Waals surface area contributed by atoms with Gasteiger partial charge in [-0.05, 0) is 60.4 Å². The van der Waals surface area contributed by atoms with Crippen molar-refractivity contribution in [2.45, 2.75) is 12.8 Å². The number of benzene rings is 7. The van der Waals surface area contributed by atoms with Crippen LogP contribution in [0.1, 0.15) is 35.1 Å². The molecular weight excluding hydrogens is 733 g/mol. The van der Waals surface area contributed by atoms with Crippen molar-refractivity contribution >= 4 is 78.3 Å². The largest absolute Gasteiger partial charge is 0.294 e. The quantitative estimate of drug-likeness (QED) is 0.162. The minimum Gasteiger partial charge on any atom is -0.294 e. The molecule has 4 heterocycles. The van der Waals surface area contributed by atoms with E-state index in [-0.39, 0.29) is 0 Å². The highest BCUT2D eigenvalue weighted by Gasteiger charge is 2.24. The molecule has 0 aliphatic carbocycles. The Bertz CT molecular complexity index is 3340. The molecule has 0 amide bonds. The number of para-hydroxylation sites is 2. The van der Waals surface area contributed by atoms with Crippen LogP contribution in [0.15, 0.2) is 226 Å². The zero-order chi connectivity index (χ0) is 40.0. The molecule has 6 heteroatoms. The highest BCUT2D eigenvalue weighted by molar-refractivity contribution is 6.30. The van der Waals surface area contributed by atoms with Gasteiger partial charge in [0.15, 0.2) is 11.7 Å². The maximum Gasteiger partial charge on any atom is 0.162 e. The molecule has 0 spiro atoms. The Hall–Kier alpha value is -7.96. The Labute approximate surface area is 347 Å². The molecule has 2 aromatic heterocycles. The van der Waals surface area contributed by atoms with Crippen molar-refractivity contribution in [3.8, 4) is 0 Å². The van der Waals surface area contributed by atoms with Gasteiger partial charge in [-0.3, -0.25) is 9.13 Å². The van der Waals surface area contributed by atoms with Gasteiger partial charge in [0.05, 0.1) is 33.5 Å². The van der Waals surface area contributed by atoms with Crippen LogP contribution in [-0.2, 0) is 0 Å². The first-order chi connectivity index (χ1) is 29.7. The lowest BCUT2D eigenvalue weighted by atomic mass is 10.0. The fourth-order valence-corrected chi connectivity index (χ4v) is 8.65. The van der Waals surface area contributed by atoms with Gasteiger partial charge >= 0.3 is 0 Å². The number of hydrogen-bond donors (Lipinski definition) is 0. The van der Waals surface area contributed by atoms with Gasteiger partial charge in [-0.15, -0.1) is 0 Å². The van der Waals surface area contributed by atoms with Crippen molar-refractivity contribution in [1.29, 1.82) is 0 Å². The van der Waals surface area contributed by atoms with Crippen LogP contribution in [0.2, 0.25) is 0 Å². The standard InChI is InChI=1S/C54H38N6/c1-36-35-49(57-54(40-25-12-5-13-26-40)58-52(36)38-21-8-3-9-22-38)60-45-31-17-15-28-42(45)51-47(60)34-33-46-50(51)41-27-14-16-30-44(41)59(46)48-32-18-29-43(37-19-6-2-7-20-37)55-53(56-48)39-23-10-4-11-24-39/h2-17,19-28,30-35H,1,18,29H2/b48-32+,55-43-,56-53-. The van der Waals surface area contributed by atoms with E-state index in [0.29, 0.717) is 11.7 Å². The van der Waals surface area contributed by atoms with E-state index in [1.807, 2.05) is 60.7 Å². The third kappa shape index (κ3) is 6.05. The summed E-state index contributed by atoms with van der Waals surface area (Å²) in [5.41, 5.74) is 10.9. The van der Waals surface area contributed by atoms with Crippen molar-refractivity contribution in [2.75, 3.05) is 0 Å². The molecule has 6 nitrogen and oxygen atoms in total. The Morgan fingerprint density at radius 1 is 0.400 bits per heavy atom. The first-order valence-corrected chi connectivity index (χ1v) is 20.3. The Balaban J connectivity index is 1.15. The molecule has 0 radical (unpaired) electrons. The van der Waals surface area contributed by atoms with Gasteiger partial charge in [-0.2, -0.15) is 0 Å². The van der Waals surface area contributed by atoms with Crippen molar-refractivity contribution < 1.29 is 0 Å². The molecule has 0 bridgehead atoms. The zero-order valence-corrected chi connectivity index (χ0v) is 32.8. The molecule has 0 saturated carbocycles. The molecule has 0 saturated heterocycles. The Morgan fingerprint density at radius 3 is 1.42 bits per heavy atom. The maximum atomic E-state index is 5.43. The minimum atomic E-state index is 0.629. The van der Waals surface area contributed by atoms with E-state index in [2.05, 4.69) is 149 Å². The molecule has 0 fully saturated rings. The normalized spacial score (nSPS) is 17.4. The Morgan fingerprint density at radius 2 is 0.850 bits per heavy atom. The minimum absolute atomic E-state index is 0.629. The SMILES string of the molecule is C=C1C=C(n2c3ccccc3c3c4c5ccccc5n(C5=C/CC/C(c6ccccc6)=N/C(c6ccccc6)=N\5)c4ccc32)N=C(c2ccccc2)N=C1c1ccccc1. The molecule has 284 valence electrons. The summed E-state index contributed by atoms with van der Waals surface area (Å²) in [7, 11) is 0. The monoisotopic (exact) mass is 770 g/mol. The molecular formula is C54H38N6. The van der Waals surface area contributed by atoms with Gasteiger partial charge in [-0.1, -0.05) is 164 Å². The highest BCUT2D eigenvalue weighted by atomic mass is 15.1. The molecule has 0 N–H and O–H groups in total. The summed E-state index contributed by atoms with van der Waals surface area (Å²) in [5.74, 6) is 2.91. The number of nitrogens with zero attached hydrogens (tertiary/aromatic N) is 6. The number of amidine groups is 2. The van der Waals surface area contributed by atoms with Gasteiger partial charge in [0.1, 0.15) is 11.6 Å². The fourth-order valence-electron chi connectivity index (χ4n) is 8.65. The third-order valence-electron chi connectivity index (χ3n) is 11.4. The molecule has 9 aromatic rings. The number of fused-ring (bicyclic) bond motifs is 7. The molecule has 60 heavy (non-hydrogen) atoms. The predicted molar refractivity (Wildman–Crippen MR) is 251 cm³/mol. The van der Waals surface area contributed by atoms with Crippen LogP contribution >= 0.6 is 0 Å². The lowest BCUT2D eigenvalue weighted by Crippen LogP contribution is -2.10. The third-order valence-corrected chi connectivity index (χ3v) is 11.4. The molecule has 2 aliphatic heterocycles. The van der Waals surface area contributed by atoms with E-state index in [9.17, 15) is 0 Å². The highest BCUT2D eigenvalue weighted by Crippen LogP contribution is 2.43. The maximum absolute atomic E-state index is 5.43. The summed E-state index contributed by atoms with van der Waals surface area (Å²) < 4.78 is 4.59. The number of rotatable bonds is 6. The van der Waals surface area contributed by atoms with E-state index >= 15 is 0 Å². The fraction of sp³-hybridized carbons (Fsp3) is 0.0370. The van der Waals surface area contributed by atoms with E-state index in [4.69, 9.17) is 20.0 Å². The molecule has 2 aliphatic rings. The topological polar surface area (TPSA) is 59.3 Å². The van der Waals surface area contributed by atoms with Crippen LogP contribution in [0.3, 0.4) is 0 Å². The first-order valence-electron chi connectivity index (χ1n) is 20.3. The van der Waals surface area contributed by atoms with Crippen LogP contribution < -0.4 is 0 Å². The summed E-state index contributed by atoms with van der Waals surface area (Å²) in [5, 5.41) is 4.59. The lowest BCUT2D eigenvalue weighted by Gasteiger charge is -2.15. The van der Waals surface area contributed by atoms with Crippen molar-refractivity contribution in [1.82, 2.24) is 9.13 Å². The van der Waals surface area contributed by atoms with Gasteiger partial charge < -0.3 is 0 Å². The summed E-state index contributed by atoms with van der Waals surface area (Å²) in [6.45, 7) is 4.57. The van der Waals surface area contributed by atoms with Gasteiger partial charge in [0.25, 0.3) is 0 Å². The van der Waals surface area contributed by atoms with Crippen LogP contribution in [0, 0.1) is 0 Å². The molecule has 7 aromatic carbocycles. The van der Waals surface area contributed by atoms with Crippen molar-refractivity contribution in [2.24, 2.45) is 20.0 Å². The van der Waals surface area contributed by atoms with Crippen LogP contribution in [0.4, 0.5) is 0 Å². The molecule has 0 atom stereocenters. The summed E-state index contributed by atoms with van der Waals surface area (Å²) in [6, 6.07) is 62.9. The van der Waals surface area contributed by atoms with Crippen LogP contribution in [-0.4, -0.2) is 32.2 Å². The van der Waals surface area contributed by atoms with Crippen molar-refractivity contribution in [3.63, 3.8) is 0 Å². The van der Waals surface area contributed by atoms with E-state index in [1.54, 1.807) is 0 Å². The second kappa shape index (κ2) is 14.8. The summed E-state index contributed by atoms with van der Waals surface area (Å²) in [4.78, 5) is 21.3. The summed E-state index contributed by atoms with van der Waals surface area (Å²) in [6.07, 6.45) is 5.92. The number of allylic oxidation sites excluding steroid dienone is 3. The molecule has 11 rings (SSSR count). The van der Waals surface area contributed by atoms with Crippen LogP contribution in [0.25, 0.3) is 55.3 Å². The average Bonchev–Trinajstić information content (AvgIpc) is 3.75. The summed E-state index contributed by atoms with van der Waals surface area (Å²) >= 11 is 0. The van der Waals surface area contributed by atoms with Gasteiger partial charge in [0.2, 0.25) is 0 Å². The predicted octanol–water partition coefficient (Wildman–Crippen LogP) is 12.7. The second-order valence-electron chi connectivity index (χ2n) is 15.0. The lowest BCUT2D eigenvalue weighted by molar-refractivity contribution is 1.05. The van der Waals surface area contributed by atoms with Gasteiger partial charge in [0, 0.05) is 38.2 Å². The zero-order valence-electron chi connectivity index (χ0n) is 32.8. The number of hydrogen-bond acceptors (Lipinski definition) is 4. The van der Waals surface area contributed by atoms with Crippen molar-refractivity contribution in [3.05, 3.63) is 229 Å². The second-order valence-corrected chi connectivity index (χ2v) is 15.0. The van der Waals surface area contributed by atoms with E-state index in [0.717, 1.165) is 107 Å². The number of aliphatic imine (C=N–C) groups is 4. The van der Waals surface area contributed by atoms with Gasteiger partial charge in [-0.25, -0.2) is 20.0 Å². The molecule has 0 unspecified atom stereocenters. The smallest absolute Gasteiger partial charge is 0.162 e. The van der Waals surface area contributed by atoms with E-state index in [1.165, 1.54) is 0 Å². The van der Waals surface area contributed by atoms with E-state index < -0.39 is 0 Å². The Kier molecular flexibility index (Phi) is 8.67. The average molecular weight is 771 g/mol.